The van der Waals surface area contributed by atoms with Gasteiger partial charge in [-0.25, -0.2) is 9.37 Å². The van der Waals surface area contributed by atoms with Gasteiger partial charge in [0, 0.05) is 25.0 Å². The van der Waals surface area contributed by atoms with Gasteiger partial charge < -0.3 is 19.5 Å². The molecule has 1 atom stereocenters. The lowest BCUT2D eigenvalue weighted by molar-refractivity contribution is -0.126. The van der Waals surface area contributed by atoms with Crippen molar-refractivity contribution in [3.63, 3.8) is 0 Å². The summed E-state index contributed by atoms with van der Waals surface area (Å²) in [6.07, 6.45) is 5.01. The highest BCUT2D eigenvalue weighted by atomic mass is 19.1. The van der Waals surface area contributed by atoms with Crippen LogP contribution in [0, 0.1) is 11.7 Å². The molecule has 0 spiro atoms. The molecule has 2 fully saturated rings. The number of aromatic nitrogens is 2. The van der Waals surface area contributed by atoms with Gasteiger partial charge in [0.2, 0.25) is 5.91 Å². The number of rotatable bonds is 4. The SMILES string of the molecule is O=C(NC1CC1)C1CCN(C(=O)c2ncn3c2CO[C@H](c2ccc(F)cc2)C3)CC1. The van der Waals surface area contributed by atoms with Gasteiger partial charge in [0.1, 0.15) is 11.9 Å². The number of piperidine rings is 1. The third-order valence-electron chi connectivity index (χ3n) is 6.25. The number of likely N-dealkylation sites (tertiary alicyclic amines) is 1. The first-order chi connectivity index (χ1) is 14.6. The number of imidazole rings is 1. The Morgan fingerprint density at radius 2 is 1.83 bits per heavy atom. The van der Waals surface area contributed by atoms with Gasteiger partial charge in [-0.2, -0.15) is 0 Å². The van der Waals surface area contributed by atoms with E-state index in [1.807, 2.05) is 4.57 Å². The van der Waals surface area contributed by atoms with E-state index >= 15 is 0 Å². The van der Waals surface area contributed by atoms with Crippen LogP contribution in [0.5, 0.6) is 0 Å². The van der Waals surface area contributed by atoms with Crippen molar-refractivity contribution in [3.8, 4) is 0 Å². The van der Waals surface area contributed by atoms with E-state index in [4.69, 9.17) is 4.74 Å². The summed E-state index contributed by atoms with van der Waals surface area (Å²) in [4.78, 5) is 31.4. The van der Waals surface area contributed by atoms with E-state index in [0.29, 0.717) is 44.2 Å². The molecule has 158 valence electrons. The molecule has 30 heavy (non-hydrogen) atoms. The highest BCUT2D eigenvalue weighted by Gasteiger charge is 2.33. The largest absolute Gasteiger partial charge is 0.365 e. The van der Waals surface area contributed by atoms with Crippen molar-refractivity contribution in [3.05, 3.63) is 53.4 Å². The Morgan fingerprint density at radius 3 is 2.53 bits per heavy atom. The topological polar surface area (TPSA) is 76.5 Å². The molecular formula is C22H25FN4O3. The van der Waals surface area contributed by atoms with Crippen LogP contribution in [-0.2, 0) is 22.7 Å². The second-order valence-corrected chi connectivity index (χ2v) is 8.39. The van der Waals surface area contributed by atoms with E-state index in [0.717, 1.165) is 24.1 Å². The Hall–Kier alpha value is -2.74. The maximum absolute atomic E-state index is 13.2. The molecular weight excluding hydrogens is 387 g/mol. The van der Waals surface area contributed by atoms with Crippen molar-refractivity contribution in [2.75, 3.05) is 13.1 Å². The number of halogens is 1. The van der Waals surface area contributed by atoms with Gasteiger partial charge in [0.15, 0.2) is 5.69 Å². The fourth-order valence-electron chi connectivity index (χ4n) is 4.23. The van der Waals surface area contributed by atoms with Crippen LogP contribution in [0.25, 0.3) is 0 Å². The van der Waals surface area contributed by atoms with Crippen LogP contribution >= 0.6 is 0 Å². The first kappa shape index (κ1) is 19.2. The summed E-state index contributed by atoms with van der Waals surface area (Å²) in [6, 6.07) is 6.65. The number of ether oxygens (including phenoxy) is 1. The normalized spacial score (nSPS) is 21.9. The Labute approximate surface area is 174 Å². The molecule has 1 aliphatic carbocycles. The van der Waals surface area contributed by atoms with E-state index in [1.165, 1.54) is 12.1 Å². The van der Waals surface area contributed by atoms with Crippen molar-refractivity contribution in [2.45, 2.75) is 51.0 Å². The highest BCUT2D eigenvalue weighted by Crippen LogP contribution is 2.29. The average Bonchev–Trinajstić information content (AvgIpc) is 3.49. The summed E-state index contributed by atoms with van der Waals surface area (Å²) in [5, 5.41) is 3.06. The zero-order valence-corrected chi connectivity index (χ0v) is 16.7. The van der Waals surface area contributed by atoms with E-state index in [-0.39, 0.29) is 36.3 Å². The fourth-order valence-corrected chi connectivity index (χ4v) is 4.23. The van der Waals surface area contributed by atoms with Crippen molar-refractivity contribution in [2.24, 2.45) is 5.92 Å². The molecule has 2 amide bonds. The molecule has 3 aliphatic rings. The first-order valence-corrected chi connectivity index (χ1v) is 10.6. The first-order valence-electron chi connectivity index (χ1n) is 10.6. The van der Waals surface area contributed by atoms with Gasteiger partial charge >= 0.3 is 0 Å². The highest BCUT2D eigenvalue weighted by molar-refractivity contribution is 5.93. The molecule has 3 heterocycles. The number of hydrogen-bond acceptors (Lipinski definition) is 4. The lowest BCUT2D eigenvalue weighted by Crippen LogP contribution is -2.43. The molecule has 1 saturated carbocycles. The van der Waals surface area contributed by atoms with Crippen LogP contribution in [0.2, 0.25) is 0 Å². The third-order valence-corrected chi connectivity index (χ3v) is 6.25. The predicted octanol–water partition coefficient (Wildman–Crippen LogP) is 2.42. The quantitative estimate of drug-likeness (QED) is 0.837. The van der Waals surface area contributed by atoms with Gasteiger partial charge in [-0.1, -0.05) is 12.1 Å². The second kappa shape index (κ2) is 7.83. The summed E-state index contributed by atoms with van der Waals surface area (Å²) in [7, 11) is 0. The fraction of sp³-hybridized carbons (Fsp3) is 0.500. The van der Waals surface area contributed by atoms with Crippen molar-refractivity contribution in [1.82, 2.24) is 19.8 Å². The molecule has 2 aliphatic heterocycles. The van der Waals surface area contributed by atoms with E-state index in [1.54, 1.807) is 23.4 Å². The Kier molecular flexibility index (Phi) is 5.02. The number of benzene rings is 1. The molecule has 7 nitrogen and oxygen atoms in total. The van der Waals surface area contributed by atoms with E-state index in [2.05, 4.69) is 10.3 Å². The van der Waals surface area contributed by atoms with Crippen molar-refractivity contribution in [1.29, 1.82) is 0 Å². The number of hydrogen-bond donors (Lipinski definition) is 1. The average molecular weight is 412 g/mol. The molecule has 5 rings (SSSR count). The minimum absolute atomic E-state index is 0.00892. The van der Waals surface area contributed by atoms with Crippen LogP contribution in [0.1, 0.15) is 53.5 Å². The van der Waals surface area contributed by atoms with Gasteiger partial charge in [-0.3, -0.25) is 9.59 Å². The van der Waals surface area contributed by atoms with Gasteiger partial charge in [0.05, 0.1) is 25.2 Å². The van der Waals surface area contributed by atoms with Crippen molar-refractivity contribution >= 4 is 11.8 Å². The van der Waals surface area contributed by atoms with E-state index < -0.39 is 0 Å². The predicted molar refractivity (Wildman–Crippen MR) is 106 cm³/mol. The maximum atomic E-state index is 13.2. The Morgan fingerprint density at radius 1 is 1.10 bits per heavy atom. The van der Waals surface area contributed by atoms with Crippen LogP contribution in [0.15, 0.2) is 30.6 Å². The summed E-state index contributed by atoms with van der Waals surface area (Å²) < 4.78 is 21.1. The zero-order valence-electron chi connectivity index (χ0n) is 16.7. The van der Waals surface area contributed by atoms with Crippen LogP contribution in [-0.4, -0.2) is 45.4 Å². The number of amides is 2. The van der Waals surface area contributed by atoms with Gasteiger partial charge in [0.25, 0.3) is 5.91 Å². The Balaban J connectivity index is 1.22. The number of carbonyl (C=O) groups is 2. The Bertz CT molecular complexity index is 946. The third kappa shape index (κ3) is 3.84. The molecule has 0 radical (unpaired) electrons. The summed E-state index contributed by atoms with van der Waals surface area (Å²) in [6.45, 7) is 1.94. The lowest BCUT2D eigenvalue weighted by Gasteiger charge is -2.31. The van der Waals surface area contributed by atoms with Crippen LogP contribution in [0.4, 0.5) is 4.39 Å². The number of carbonyl (C=O) groups excluding carboxylic acids is 2. The number of nitrogens with zero attached hydrogens (tertiary/aromatic N) is 3. The lowest BCUT2D eigenvalue weighted by atomic mass is 9.95. The summed E-state index contributed by atoms with van der Waals surface area (Å²) in [5.74, 6) is -0.261. The summed E-state index contributed by atoms with van der Waals surface area (Å²) >= 11 is 0. The standard InChI is InChI=1S/C22H25FN4O3/c23-16-3-1-14(2-4-16)19-11-27-13-24-20(18(27)12-30-19)22(29)26-9-7-15(8-10-26)21(28)25-17-5-6-17/h1-4,13,15,17,19H,5-12H2,(H,25,28)/t19-/m0/s1. The van der Waals surface area contributed by atoms with Crippen molar-refractivity contribution < 1.29 is 18.7 Å². The zero-order chi connectivity index (χ0) is 20.7. The monoisotopic (exact) mass is 412 g/mol. The minimum Gasteiger partial charge on any atom is -0.365 e. The van der Waals surface area contributed by atoms with E-state index in [9.17, 15) is 14.0 Å². The molecule has 1 aromatic heterocycles. The van der Waals surface area contributed by atoms with Gasteiger partial charge in [-0.15, -0.1) is 0 Å². The molecule has 2 aromatic rings. The molecule has 1 N–H and O–H groups in total. The molecule has 1 aromatic carbocycles. The molecule has 0 bridgehead atoms. The second-order valence-electron chi connectivity index (χ2n) is 8.39. The number of fused-ring (bicyclic) bond motifs is 1. The molecule has 8 heteroatoms. The maximum Gasteiger partial charge on any atom is 0.274 e. The van der Waals surface area contributed by atoms with Crippen LogP contribution < -0.4 is 5.32 Å². The summed E-state index contributed by atoms with van der Waals surface area (Å²) in [5.41, 5.74) is 2.09. The smallest absolute Gasteiger partial charge is 0.274 e. The number of nitrogens with one attached hydrogen (secondary N) is 1. The van der Waals surface area contributed by atoms with Crippen LogP contribution in [0.3, 0.4) is 0 Å². The molecule has 0 unspecified atom stereocenters. The molecule has 1 saturated heterocycles. The minimum atomic E-state index is -0.278. The van der Waals surface area contributed by atoms with Gasteiger partial charge in [-0.05, 0) is 43.4 Å².